The van der Waals surface area contributed by atoms with Gasteiger partial charge in [-0.2, -0.15) is 0 Å². The maximum Gasteiger partial charge on any atom is 0.290 e. The number of rotatable bonds is 1. The maximum atomic E-state index is 13.2. The van der Waals surface area contributed by atoms with Crippen LogP contribution in [0.25, 0.3) is 0 Å². The van der Waals surface area contributed by atoms with Gasteiger partial charge in [-0.15, -0.1) is 10.2 Å². The van der Waals surface area contributed by atoms with E-state index < -0.39 is 18.6 Å². The second kappa shape index (κ2) is 3.91. The first kappa shape index (κ1) is 11.2. The van der Waals surface area contributed by atoms with Crippen LogP contribution in [0.5, 0.6) is 0 Å². The lowest BCUT2D eigenvalue weighted by molar-refractivity contribution is -0.113. The first-order valence-electron chi connectivity index (χ1n) is 4.29. The minimum Gasteiger partial charge on any atom is -0.387 e. The van der Waals surface area contributed by atoms with Crippen molar-refractivity contribution in [3.05, 3.63) is 3.92 Å². The summed E-state index contributed by atoms with van der Waals surface area (Å²) in [4.78, 5) is 1.44. The number of nitrogens with zero attached hydrogens (tertiary/aromatic N) is 3. The molecule has 84 valence electrons. The maximum absolute atomic E-state index is 13.2. The summed E-state index contributed by atoms with van der Waals surface area (Å²) in [6.45, 7) is -0.131. The fourth-order valence-electron chi connectivity index (χ4n) is 1.42. The van der Waals surface area contributed by atoms with Gasteiger partial charge in [0, 0.05) is 6.54 Å². The molecule has 0 aromatic carbocycles. The molecule has 1 aromatic rings. The fourth-order valence-corrected chi connectivity index (χ4v) is 2.53. The van der Waals surface area contributed by atoms with Crippen molar-refractivity contribution in [2.24, 2.45) is 0 Å². The summed E-state index contributed by atoms with van der Waals surface area (Å²) in [5.41, 5.74) is 0. The number of aromatic nitrogens is 2. The van der Waals surface area contributed by atoms with Gasteiger partial charge in [-0.3, -0.25) is 0 Å². The molecule has 4 nitrogen and oxygen atoms in total. The Hall–Kier alpha value is -0.340. The Kier molecular flexibility index (Phi) is 2.91. The number of aliphatic hydroxyl groups excluding tert-OH is 1. The lowest BCUT2D eigenvalue weighted by Gasteiger charge is -2.35. The van der Waals surface area contributed by atoms with Gasteiger partial charge in [0.2, 0.25) is 5.13 Å². The molecule has 15 heavy (non-hydrogen) atoms. The molecule has 0 aliphatic carbocycles. The van der Waals surface area contributed by atoms with Crippen LogP contribution in [0.1, 0.15) is 6.42 Å². The van der Waals surface area contributed by atoms with Crippen molar-refractivity contribution in [1.29, 1.82) is 0 Å². The van der Waals surface area contributed by atoms with Crippen LogP contribution in [0.4, 0.5) is 13.9 Å². The van der Waals surface area contributed by atoms with Crippen molar-refractivity contribution in [2.45, 2.75) is 18.4 Å². The zero-order chi connectivity index (χ0) is 11.1. The van der Waals surface area contributed by atoms with E-state index in [2.05, 4.69) is 26.1 Å². The SMILES string of the molecule is O[C@@H]1CCN(c2nnc(Br)s2)CC1(F)F. The third-order valence-corrected chi connectivity index (χ3v) is 3.64. The van der Waals surface area contributed by atoms with Gasteiger partial charge in [0.15, 0.2) is 3.92 Å². The number of alkyl halides is 2. The number of aliphatic hydroxyl groups is 1. The van der Waals surface area contributed by atoms with Crippen molar-refractivity contribution in [3.63, 3.8) is 0 Å². The van der Waals surface area contributed by atoms with Crippen LogP contribution in [0.15, 0.2) is 3.92 Å². The minimum absolute atomic E-state index is 0.0458. The second-order valence-corrected chi connectivity index (χ2v) is 5.56. The van der Waals surface area contributed by atoms with Crippen molar-refractivity contribution in [3.8, 4) is 0 Å². The molecule has 1 atom stereocenters. The van der Waals surface area contributed by atoms with E-state index >= 15 is 0 Å². The number of piperidine rings is 1. The number of hydrogen-bond donors (Lipinski definition) is 1. The third-order valence-electron chi connectivity index (χ3n) is 2.22. The molecule has 1 aliphatic heterocycles. The Balaban J connectivity index is 2.13. The third kappa shape index (κ3) is 2.26. The molecule has 2 heterocycles. The molecule has 0 unspecified atom stereocenters. The highest BCUT2D eigenvalue weighted by molar-refractivity contribution is 9.11. The molecule has 1 N–H and O–H groups in total. The Labute approximate surface area is 97.1 Å². The Morgan fingerprint density at radius 3 is 2.80 bits per heavy atom. The van der Waals surface area contributed by atoms with Gasteiger partial charge in [-0.05, 0) is 22.4 Å². The predicted molar refractivity (Wildman–Crippen MR) is 55.4 cm³/mol. The summed E-state index contributed by atoms with van der Waals surface area (Å²) in [5.74, 6) is -3.07. The van der Waals surface area contributed by atoms with E-state index in [-0.39, 0.29) is 6.42 Å². The largest absolute Gasteiger partial charge is 0.387 e. The van der Waals surface area contributed by atoms with Crippen LogP contribution in [0.2, 0.25) is 0 Å². The predicted octanol–water partition coefficient (Wildman–Crippen LogP) is 1.51. The highest BCUT2D eigenvalue weighted by atomic mass is 79.9. The summed E-state index contributed by atoms with van der Waals surface area (Å²) in [6.07, 6.45) is -1.50. The van der Waals surface area contributed by atoms with Gasteiger partial charge in [0.25, 0.3) is 5.92 Å². The highest BCUT2D eigenvalue weighted by Crippen LogP contribution is 2.32. The van der Waals surface area contributed by atoms with Crippen molar-refractivity contribution < 1.29 is 13.9 Å². The number of halogens is 3. The van der Waals surface area contributed by atoms with E-state index in [1.165, 1.54) is 16.2 Å². The van der Waals surface area contributed by atoms with Gasteiger partial charge in [0.05, 0.1) is 6.54 Å². The lowest BCUT2D eigenvalue weighted by atomic mass is 10.0. The molecule has 0 radical (unpaired) electrons. The van der Waals surface area contributed by atoms with Gasteiger partial charge in [0.1, 0.15) is 6.10 Å². The van der Waals surface area contributed by atoms with E-state index in [4.69, 9.17) is 5.11 Å². The highest BCUT2D eigenvalue weighted by Gasteiger charge is 2.44. The molecule has 8 heteroatoms. The molecular formula is C7H8BrF2N3OS. The smallest absolute Gasteiger partial charge is 0.290 e. The lowest BCUT2D eigenvalue weighted by Crippen LogP contribution is -2.51. The molecule has 1 aromatic heterocycles. The van der Waals surface area contributed by atoms with Crippen molar-refractivity contribution >= 4 is 32.4 Å². The summed E-state index contributed by atoms with van der Waals surface area (Å²) in [7, 11) is 0. The molecule has 2 rings (SSSR count). The van der Waals surface area contributed by atoms with Crippen molar-refractivity contribution in [1.82, 2.24) is 10.2 Å². The zero-order valence-corrected chi connectivity index (χ0v) is 9.93. The van der Waals surface area contributed by atoms with Crippen LogP contribution in [-0.2, 0) is 0 Å². The zero-order valence-electron chi connectivity index (χ0n) is 7.53. The van der Waals surface area contributed by atoms with E-state index in [9.17, 15) is 8.78 Å². The van der Waals surface area contributed by atoms with E-state index in [0.29, 0.717) is 15.6 Å². The van der Waals surface area contributed by atoms with E-state index in [1.807, 2.05) is 0 Å². The van der Waals surface area contributed by atoms with Crippen LogP contribution in [0, 0.1) is 0 Å². The Morgan fingerprint density at radius 2 is 2.27 bits per heavy atom. The first-order chi connectivity index (χ1) is 6.99. The van der Waals surface area contributed by atoms with E-state index in [0.717, 1.165) is 0 Å². The summed E-state index contributed by atoms with van der Waals surface area (Å²) >= 11 is 4.32. The quantitative estimate of drug-likeness (QED) is 0.854. The van der Waals surface area contributed by atoms with Crippen LogP contribution in [0.3, 0.4) is 0 Å². The van der Waals surface area contributed by atoms with Crippen LogP contribution >= 0.6 is 27.3 Å². The van der Waals surface area contributed by atoms with Crippen LogP contribution in [-0.4, -0.2) is 40.4 Å². The molecule has 1 saturated heterocycles. The topological polar surface area (TPSA) is 49.2 Å². The molecule has 1 aliphatic rings. The average molecular weight is 300 g/mol. The Morgan fingerprint density at radius 1 is 1.53 bits per heavy atom. The first-order valence-corrected chi connectivity index (χ1v) is 5.90. The van der Waals surface area contributed by atoms with Gasteiger partial charge in [-0.1, -0.05) is 11.3 Å². The van der Waals surface area contributed by atoms with Gasteiger partial charge >= 0.3 is 0 Å². The average Bonchev–Trinajstić information content (AvgIpc) is 2.57. The summed E-state index contributed by atoms with van der Waals surface area (Å²) in [6, 6.07) is 0. The standard InChI is InChI=1S/C7H8BrF2N3OS/c8-5-11-12-6(15-5)13-2-1-4(14)7(9,10)3-13/h4,14H,1-3H2/t4-/m1/s1. The van der Waals surface area contributed by atoms with E-state index in [1.54, 1.807) is 0 Å². The Bertz CT molecular complexity index is 362. The molecule has 0 saturated carbocycles. The molecule has 0 bridgehead atoms. The monoisotopic (exact) mass is 299 g/mol. The number of anilines is 1. The normalized spacial score (nSPS) is 25.6. The second-order valence-electron chi connectivity index (χ2n) is 3.32. The summed E-state index contributed by atoms with van der Waals surface area (Å²) in [5, 5.41) is 17.0. The van der Waals surface area contributed by atoms with Gasteiger partial charge in [-0.25, -0.2) is 8.78 Å². The molecular weight excluding hydrogens is 292 g/mol. The minimum atomic E-state index is -3.07. The number of hydrogen-bond acceptors (Lipinski definition) is 5. The fraction of sp³-hybridized carbons (Fsp3) is 0.714. The molecule has 1 fully saturated rings. The summed E-state index contributed by atoms with van der Waals surface area (Å²) < 4.78 is 26.9. The molecule has 0 spiro atoms. The van der Waals surface area contributed by atoms with Crippen LogP contribution < -0.4 is 4.90 Å². The van der Waals surface area contributed by atoms with Gasteiger partial charge < -0.3 is 10.0 Å². The molecule has 0 amide bonds. The van der Waals surface area contributed by atoms with Crippen molar-refractivity contribution in [2.75, 3.05) is 18.0 Å².